The van der Waals surface area contributed by atoms with Crippen LogP contribution >= 0.6 is 15.9 Å². The van der Waals surface area contributed by atoms with Gasteiger partial charge in [0, 0.05) is 4.47 Å². The molecule has 1 aromatic rings. The van der Waals surface area contributed by atoms with E-state index in [9.17, 15) is 4.39 Å². The van der Waals surface area contributed by atoms with Gasteiger partial charge in [-0.05, 0) is 56.0 Å². The molecule has 0 heterocycles. The number of rotatable bonds is 4. The first-order chi connectivity index (χ1) is 8.70. The lowest BCUT2D eigenvalue weighted by Crippen LogP contribution is -2.23. The highest BCUT2D eigenvalue weighted by molar-refractivity contribution is 9.10. The van der Waals surface area contributed by atoms with E-state index in [1.807, 2.05) is 6.07 Å². The summed E-state index contributed by atoms with van der Waals surface area (Å²) in [6, 6.07) is 5.29. The van der Waals surface area contributed by atoms with Gasteiger partial charge in [-0.3, -0.25) is 0 Å². The van der Waals surface area contributed by atoms with Gasteiger partial charge in [0.25, 0.3) is 0 Å². The third-order valence-corrected chi connectivity index (χ3v) is 3.78. The van der Waals surface area contributed by atoms with E-state index in [0.717, 1.165) is 29.4 Å². The summed E-state index contributed by atoms with van der Waals surface area (Å²) in [4.78, 5) is 0. The molecule has 98 valence electrons. The fourth-order valence-corrected chi connectivity index (χ4v) is 3.02. The number of halogens is 2. The predicted molar refractivity (Wildman–Crippen MR) is 77.1 cm³/mol. The molecule has 1 aromatic carbocycles. The molecule has 0 bridgehead atoms. The highest BCUT2D eigenvalue weighted by atomic mass is 79.9. The zero-order chi connectivity index (χ0) is 13.0. The summed E-state index contributed by atoms with van der Waals surface area (Å²) >= 11 is 3.37. The third kappa shape index (κ3) is 3.42. The van der Waals surface area contributed by atoms with Gasteiger partial charge in [-0.15, -0.1) is 0 Å². The molecule has 0 spiro atoms. The van der Waals surface area contributed by atoms with Crippen LogP contribution in [0.15, 0.2) is 34.3 Å². The van der Waals surface area contributed by atoms with E-state index >= 15 is 0 Å². The molecular formula is C15H19BrFN. The molecule has 18 heavy (non-hydrogen) atoms. The molecule has 1 nitrogen and oxygen atoms in total. The van der Waals surface area contributed by atoms with E-state index in [1.54, 1.807) is 6.07 Å². The topological polar surface area (TPSA) is 12.0 Å². The Morgan fingerprint density at radius 1 is 1.33 bits per heavy atom. The molecule has 1 unspecified atom stereocenters. The molecule has 0 fully saturated rings. The predicted octanol–water partition coefficient (Wildman–Crippen LogP) is 4.74. The van der Waals surface area contributed by atoms with Crippen molar-refractivity contribution in [2.24, 2.45) is 0 Å². The van der Waals surface area contributed by atoms with Crippen LogP contribution in [0.1, 0.15) is 44.2 Å². The van der Waals surface area contributed by atoms with E-state index in [0.29, 0.717) is 0 Å². The number of hydrogen-bond donors (Lipinski definition) is 1. The monoisotopic (exact) mass is 311 g/mol. The maximum Gasteiger partial charge on any atom is 0.124 e. The minimum absolute atomic E-state index is 0.155. The van der Waals surface area contributed by atoms with Gasteiger partial charge in [0.15, 0.2) is 0 Å². The Hall–Kier alpha value is -0.670. The largest absolute Gasteiger partial charge is 0.307 e. The van der Waals surface area contributed by atoms with E-state index in [4.69, 9.17) is 0 Å². The quantitative estimate of drug-likeness (QED) is 0.792. The molecule has 0 aromatic heterocycles. The van der Waals surface area contributed by atoms with E-state index in [-0.39, 0.29) is 11.9 Å². The van der Waals surface area contributed by atoms with Gasteiger partial charge >= 0.3 is 0 Å². The first-order valence-electron chi connectivity index (χ1n) is 6.59. The minimum atomic E-state index is -0.182. The first kappa shape index (κ1) is 13.8. The van der Waals surface area contributed by atoms with Crippen LogP contribution in [0, 0.1) is 5.82 Å². The normalized spacial score (nSPS) is 17.4. The molecule has 0 aliphatic heterocycles. The highest BCUT2D eigenvalue weighted by Crippen LogP contribution is 2.31. The minimum Gasteiger partial charge on any atom is -0.307 e. The van der Waals surface area contributed by atoms with Crippen molar-refractivity contribution in [2.75, 3.05) is 6.54 Å². The summed E-state index contributed by atoms with van der Waals surface area (Å²) in [5.74, 6) is -0.182. The lowest BCUT2D eigenvalue weighted by molar-refractivity contribution is 0.557. The summed E-state index contributed by atoms with van der Waals surface area (Å²) in [6.45, 7) is 2.97. The summed E-state index contributed by atoms with van der Waals surface area (Å²) in [6.07, 6.45) is 7.09. The van der Waals surface area contributed by atoms with Crippen molar-refractivity contribution in [3.8, 4) is 0 Å². The molecule has 1 aliphatic carbocycles. The molecule has 0 amide bonds. The van der Waals surface area contributed by atoms with Gasteiger partial charge in [0.1, 0.15) is 5.82 Å². The zero-order valence-corrected chi connectivity index (χ0v) is 12.3. The van der Waals surface area contributed by atoms with Crippen molar-refractivity contribution in [1.82, 2.24) is 5.32 Å². The van der Waals surface area contributed by atoms with Gasteiger partial charge in [-0.25, -0.2) is 4.39 Å². The van der Waals surface area contributed by atoms with Crippen molar-refractivity contribution in [3.05, 3.63) is 45.7 Å². The number of nitrogens with one attached hydrogen (secondary N) is 1. The molecule has 0 radical (unpaired) electrons. The number of hydrogen-bond acceptors (Lipinski definition) is 1. The molecule has 1 atom stereocenters. The summed E-state index contributed by atoms with van der Waals surface area (Å²) < 4.78 is 14.3. The molecule has 3 heteroatoms. The smallest absolute Gasteiger partial charge is 0.124 e. The average Bonchev–Trinajstić information content (AvgIpc) is 2.36. The molecule has 1 aliphatic rings. The maximum absolute atomic E-state index is 13.5. The zero-order valence-electron chi connectivity index (χ0n) is 10.7. The van der Waals surface area contributed by atoms with Crippen LogP contribution < -0.4 is 5.32 Å². The van der Waals surface area contributed by atoms with Gasteiger partial charge in [0.2, 0.25) is 0 Å². The van der Waals surface area contributed by atoms with Crippen LogP contribution in [0.25, 0.3) is 0 Å². The standard InChI is InChI=1S/C15H19BrFN/c1-2-18-15(11-6-4-3-5-7-11)12-8-13(16)10-14(17)9-12/h6,8-10,15,18H,2-5,7H2,1H3. The summed E-state index contributed by atoms with van der Waals surface area (Å²) in [7, 11) is 0. The van der Waals surface area contributed by atoms with Crippen LogP contribution in [0.5, 0.6) is 0 Å². The van der Waals surface area contributed by atoms with Crippen LogP contribution in [-0.2, 0) is 0 Å². The van der Waals surface area contributed by atoms with Crippen molar-refractivity contribution < 1.29 is 4.39 Å². The van der Waals surface area contributed by atoms with Crippen molar-refractivity contribution in [2.45, 2.75) is 38.6 Å². The average molecular weight is 312 g/mol. The molecular weight excluding hydrogens is 293 g/mol. The second-order valence-corrected chi connectivity index (χ2v) is 5.63. The van der Waals surface area contributed by atoms with Crippen LogP contribution in [0.2, 0.25) is 0 Å². The van der Waals surface area contributed by atoms with Gasteiger partial charge in [-0.2, -0.15) is 0 Å². The Balaban J connectivity index is 2.31. The fourth-order valence-electron chi connectivity index (χ4n) is 2.53. The van der Waals surface area contributed by atoms with E-state index in [1.165, 1.54) is 24.5 Å². The van der Waals surface area contributed by atoms with E-state index in [2.05, 4.69) is 34.2 Å². The summed E-state index contributed by atoms with van der Waals surface area (Å²) in [5, 5.41) is 3.47. The second-order valence-electron chi connectivity index (χ2n) is 4.72. The fraction of sp³-hybridized carbons (Fsp3) is 0.467. The number of benzene rings is 1. The lowest BCUT2D eigenvalue weighted by atomic mass is 9.90. The Kier molecular flexibility index (Phi) is 4.95. The molecule has 0 saturated heterocycles. The van der Waals surface area contributed by atoms with E-state index < -0.39 is 0 Å². The SMILES string of the molecule is CCNC(C1=CCCCC1)c1cc(F)cc(Br)c1. The Bertz CT molecular complexity index is 422. The molecule has 1 N–H and O–H groups in total. The highest BCUT2D eigenvalue weighted by Gasteiger charge is 2.18. The lowest BCUT2D eigenvalue weighted by Gasteiger charge is -2.24. The van der Waals surface area contributed by atoms with Crippen molar-refractivity contribution >= 4 is 15.9 Å². The summed E-state index contributed by atoms with van der Waals surface area (Å²) in [5.41, 5.74) is 2.41. The van der Waals surface area contributed by atoms with Gasteiger partial charge in [0.05, 0.1) is 6.04 Å². The van der Waals surface area contributed by atoms with Crippen LogP contribution in [0.3, 0.4) is 0 Å². The Labute approximate surface area is 117 Å². The molecule has 0 saturated carbocycles. The second kappa shape index (κ2) is 6.48. The van der Waals surface area contributed by atoms with Gasteiger partial charge < -0.3 is 5.32 Å². The first-order valence-corrected chi connectivity index (χ1v) is 7.38. The number of likely N-dealkylation sites (N-methyl/N-ethyl adjacent to an activating group) is 1. The van der Waals surface area contributed by atoms with Crippen molar-refractivity contribution in [3.63, 3.8) is 0 Å². The third-order valence-electron chi connectivity index (χ3n) is 3.32. The van der Waals surface area contributed by atoms with Crippen LogP contribution in [-0.4, -0.2) is 6.54 Å². The molecule has 2 rings (SSSR count). The van der Waals surface area contributed by atoms with Crippen LogP contribution in [0.4, 0.5) is 4.39 Å². The van der Waals surface area contributed by atoms with Gasteiger partial charge in [-0.1, -0.05) is 34.5 Å². The van der Waals surface area contributed by atoms with Crippen molar-refractivity contribution in [1.29, 1.82) is 0 Å². The maximum atomic E-state index is 13.5. The Morgan fingerprint density at radius 2 is 2.17 bits per heavy atom. The Morgan fingerprint density at radius 3 is 2.78 bits per heavy atom. The number of allylic oxidation sites excluding steroid dienone is 1.